The van der Waals surface area contributed by atoms with Crippen molar-refractivity contribution >= 4 is 12.0 Å². The summed E-state index contributed by atoms with van der Waals surface area (Å²) < 4.78 is 5.03. The van der Waals surface area contributed by atoms with Crippen molar-refractivity contribution in [3.8, 4) is 0 Å². The molecule has 1 aromatic heterocycles. The summed E-state index contributed by atoms with van der Waals surface area (Å²) in [6.07, 6.45) is 2.41. The van der Waals surface area contributed by atoms with Crippen LogP contribution in [0.4, 0.5) is 12.0 Å². The lowest BCUT2D eigenvalue weighted by Crippen LogP contribution is -2.19. The number of nitrogens with two attached hydrogens (primary N) is 1. The van der Waals surface area contributed by atoms with Crippen LogP contribution < -0.4 is 10.6 Å². The first kappa shape index (κ1) is 6.45. The molecule has 5 nitrogen and oxygen atoms in total. The van der Waals surface area contributed by atoms with Crippen molar-refractivity contribution in [2.24, 2.45) is 0 Å². The van der Waals surface area contributed by atoms with Gasteiger partial charge in [0.05, 0.1) is 0 Å². The predicted molar refractivity (Wildman–Crippen MR) is 40.1 cm³/mol. The molecule has 0 unspecified atom stereocenters. The van der Waals surface area contributed by atoms with Gasteiger partial charge in [-0.3, -0.25) is 0 Å². The number of nitrogens with zero attached hydrogens (tertiary/aromatic N) is 3. The lowest BCUT2D eigenvalue weighted by molar-refractivity contribution is 0.559. The largest absolute Gasteiger partial charge is 0.390 e. The van der Waals surface area contributed by atoms with Gasteiger partial charge in [-0.25, -0.2) is 0 Å². The molecular formula is C6H10N4O. The van der Waals surface area contributed by atoms with Gasteiger partial charge in [-0.2, -0.15) is 0 Å². The fourth-order valence-electron chi connectivity index (χ4n) is 0.987. The Kier molecular flexibility index (Phi) is 1.24. The highest BCUT2D eigenvalue weighted by Gasteiger charge is 2.29. The molecule has 5 heteroatoms. The number of hydrogen-bond acceptors (Lipinski definition) is 5. The highest BCUT2D eigenvalue weighted by molar-refractivity contribution is 5.30. The third kappa shape index (κ3) is 1.13. The summed E-state index contributed by atoms with van der Waals surface area (Å²) in [4.78, 5) is 1.96. The van der Waals surface area contributed by atoms with Gasteiger partial charge in [-0.15, -0.1) is 0 Å². The maximum absolute atomic E-state index is 5.27. The average molecular weight is 154 g/mol. The Morgan fingerprint density at radius 2 is 2.27 bits per heavy atom. The van der Waals surface area contributed by atoms with Crippen LogP contribution in [0.15, 0.2) is 4.42 Å². The molecule has 2 N–H and O–H groups in total. The Hall–Kier alpha value is -1.26. The van der Waals surface area contributed by atoms with Crippen LogP contribution in [0.5, 0.6) is 0 Å². The Balaban J connectivity index is 2.14. The molecule has 0 amide bonds. The fourth-order valence-corrected chi connectivity index (χ4v) is 0.987. The second-order valence-electron chi connectivity index (χ2n) is 2.76. The molecule has 2 rings (SSSR count). The molecule has 1 aliphatic carbocycles. The summed E-state index contributed by atoms with van der Waals surface area (Å²) >= 11 is 0. The summed E-state index contributed by atoms with van der Waals surface area (Å²) in [5.41, 5.74) is 5.27. The van der Waals surface area contributed by atoms with Crippen molar-refractivity contribution in [1.82, 2.24) is 10.2 Å². The van der Waals surface area contributed by atoms with E-state index in [1.165, 1.54) is 12.8 Å². The zero-order valence-corrected chi connectivity index (χ0v) is 6.32. The van der Waals surface area contributed by atoms with Crippen molar-refractivity contribution in [2.75, 3.05) is 17.7 Å². The van der Waals surface area contributed by atoms with Gasteiger partial charge in [0.25, 0.3) is 0 Å². The van der Waals surface area contributed by atoms with Crippen LogP contribution in [0.1, 0.15) is 12.8 Å². The molecule has 1 aliphatic rings. The normalized spacial score (nSPS) is 16.8. The quantitative estimate of drug-likeness (QED) is 0.661. The first-order valence-corrected chi connectivity index (χ1v) is 3.59. The minimum Gasteiger partial charge on any atom is -0.390 e. The van der Waals surface area contributed by atoms with Crippen LogP contribution in [0.25, 0.3) is 0 Å². The van der Waals surface area contributed by atoms with E-state index in [9.17, 15) is 0 Å². The van der Waals surface area contributed by atoms with E-state index in [1.807, 2.05) is 11.9 Å². The molecule has 0 radical (unpaired) electrons. The van der Waals surface area contributed by atoms with Crippen molar-refractivity contribution in [2.45, 2.75) is 18.9 Å². The Morgan fingerprint density at radius 1 is 1.55 bits per heavy atom. The third-order valence-corrected chi connectivity index (χ3v) is 1.83. The highest BCUT2D eigenvalue weighted by Crippen LogP contribution is 2.29. The maximum Gasteiger partial charge on any atom is 0.319 e. The molecule has 1 aromatic rings. The summed E-state index contributed by atoms with van der Waals surface area (Å²) in [6.45, 7) is 0. The van der Waals surface area contributed by atoms with Crippen molar-refractivity contribution in [3.63, 3.8) is 0 Å². The molecule has 0 aromatic carbocycles. The van der Waals surface area contributed by atoms with E-state index in [2.05, 4.69) is 10.2 Å². The lowest BCUT2D eigenvalue weighted by Gasteiger charge is -2.10. The number of aromatic nitrogens is 2. The van der Waals surface area contributed by atoms with Crippen LogP contribution in [0, 0.1) is 0 Å². The van der Waals surface area contributed by atoms with Gasteiger partial charge >= 0.3 is 12.0 Å². The van der Waals surface area contributed by atoms with Gasteiger partial charge in [0.1, 0.15) is 0 Å². The Bertz CT molecular complexity index is 255. The fraction of sp³-hybridized carbons (Fsp3) is 0.667. The minimum absolute atomic E-state index is 0.132. The van der Waals surface area contributed by atoms with E-state index < -0.39 is 0 Å². The summed E-state index contributed by atoms with van der Waals surface area (Å²) in [6, 6.07) is 1.23. The van der Waals surface area contributed by atoms with E-state index in [0.717, 1.165) is 0 Å². The molecule has 11 heavy (non-hydrogen) atoms. The van der Waals surface area contributed by atoms with Crippen LogP contribution in [-0.4, -0.2) is 23.3 Å². The second-order valence-corrected chi connectivity index (χ2v) is 2.76. The van der Waals surface area contributed by atoms with E-state index >= 15 is 0 Å². The first-order chi connectivity index (χ1) is 5.27. The van der Waals surface area contributed by atoms with Gasteiger partial charge in [-0.1, -0.05) is 10.2 Å². The summed E-state index contributed by atoms with van der Waals surface area (Å²) in [5.74, 6) is 0. The van der Waals surface area contributed by atoms with E-state index in [-0.39, 0.29) is 6.01 Å². The zero-order valence-electron chi connectivity index (χ0n) is 6.32. The maximum atomic E-state index is 5.27. The summed E-state index contributed by atoms with van der Waals surface area (Å²) in [5, 5.41) is 7.33. The number of rotatable bonds is 2. The van der Waals surface area contributed by atoms with Gasteiger partial charge in [0, 0.05) is 13.1 Å². The van der Waals surface area contributed by atoms with E-state index in [0.29, 0.717) is 12.1 Å². The molecule has 0 bridgehead atoms. The van der Waals surface area contributed by atoms with Gasteiger partial charge in [0.15, 0.2) is 0 Å². The molecular weight excluding hydrogens is 144 g/mol. The van der Waals surface area contributed by atoms with Crippen molar-refractivity contribution in [1.29, 1.82) is 0 Å². The topological polar surface area (TPSA) is 68.2 Å². The number of anilines is 2. The standard InChI is InChI=1S/C6H10N4O/c1-10(4-2-3-4)6-9-8-5(7)11-6/h4H,2-3H2,1H3,(H2,7,8). The van der Waals surface area contributed by atoms with Crippen LogP contribution in [0.3, 0.4) is 0 Å². The third-order valence-electron chi connectivity index (χ3n) is 1.83. The van der Waals surface area contributed by atoms with Gasteiger partial charge in [0.2, 0.25) is 0 Å². The van der Waals surface area contributed by atoms with E-state index in [4.69, 9.17) is 10.2 Å². The monoisotopic (exact) mass is 154 g/mol. The Labute approximate surface area is 64.2 Å². The second kappa shape index (κ2) is 2.11. The lowest BCUT2D eigenvalue weighted by atomic mass is 10.6. The number of hydrogen-bond donors (Lipinski definition) is 1. The molecule has 0 saturated heterocycles. The SMILES string of the molecule is CN(c1nnc(N)o1)C1CC1. The molecule has 60 valence electrons. The first-order valence-electron chi connectivity index (χ1n) is 3.59. The van der Waals surface area contributed by atoms with Gasteiger partial charge < -0.3 is 15.1 Å². The zero-order chi connectivity index (χ0) is 7.84. The summed E-state index contributed by atoms with van der Waals surface area (Å²) in [7, 11) is 1.94. The molecule has 1 saturated carbocycles. The highest BCUT2D eigenvalue weighted by atomic mass is 16.4. The Morgan fingerprint density at radius 3 is 2.73 bits per heavy atom. The van der Waals surface area contributed by atoms with Crippen LogP contribution >= 0.6 is 0 Å². The average Bonchev–Trinajstić information content (AvgIpc) is 2.74. The predicted octanol–water partition coefficient (Wildman–Crippen LogP) is 0.250. The number of nitrogen functional groups attached to an aromatic ring is 1. The minimum atomic E-state index is 0.132. The molecule has 0 atom stereocenters. The molecule has 1 fully saturated rings. The smallest absolute Gasteiger partial charge is 0.319 e. The molecule has 0 aliphatic heterocycles. The van der Waals surface area contributed by atoms with Crippen LogP contribution in [0.2, 0.25) is 0 Å². The van der Waals surface area contributed by atoms with E-state index in [1.54, 1.807) is 0 Å². The van der Waals surface area contributed by atoms with Crippen molar-refractivity contribution < 1.29 is 4.42 Å². The molecule has 1 heterocycles. The van der Waals surface area contributed by atoms with Crippen LogP contribution in [-0.2, 0) is 0 Å². The molecule has 0 spiro atoms. The van der Waals surface area contributed by atoms with Crippen molar-refractivity contribution in [3.05, 3.63) is 0 Å². The van der Waals surface area contributed by atoms with Gasteiger partial charge in [-0.05, 0) is 12.8 Å².